The Morgan fingerprint density at radius 2 is 2.14 bits per heavy atom. The number of benzene rings is 1. The molecule has 1 aromatic carbocycles. The summed E-state index contributed by atoms with van der Waals surface area (Å²) in [7, 11) is -2.70. The number of nitrogens with zero attached hydrogens (tertiary/aromatic N) is 6. The van der Waals surface area contributed by atoms with Gasteiger partial charge in [-0.15, -0.1) is 9.05 Å². The van der Waals surface area contributed by atoms with Crippen LogP contribution in [-0.2, 0) is 18.3 Å². The Balaban J connectivity index is 1.56. The second-order valence-corrected chi connectivity index (χ2v) is 8.23. The van der Waals surface area contributed by atoms with Gasteiger partial charge in [0.2, 0.25) is 0 Å². The zero-order valence-electron chi connectivity index (χ0n) is 18.2. The van der Waals surface area contributed by atoms with E-state index < -0.39 is 38.8 Å². The maximum atomic E-state index is 15.5. The number of ether oxygens (including phenoxy) is 1. The summed E-state index contributed by atoms with van der Waals surface area (Å²) in [5.74, 6) is -0.256. The quantitative estimate of drug-likeness (QED) is 0.251. The van der Waals surface area contributed by atoms with Gasteiger partial charge in [0.15, 0.2) is 35.5 Å². The minimum absolute atomic E-state index is 0.00873. The van der Waals surface area contributed by atoms with Gasteiger partial charge in [0.25, 0.3) is 5.91 Å². The molecule has 180 valence electrons. The summed E-state index contributed by atoms with van der Waals surface area (Å²) in [6, 6.07) is 10.4. The van der Waals surface area contributed by atoms with Crippen LogP contribution in [-0.4, -0.2) is 63.7 Å². The van der Waals surface area contributed by atoms with Crippen molar-refractivity contribution in [1.29, 1.82) is 5.26 Å². The SMILES string of the molecule is C=NC[C@H]1OC(n2cnc3c(NC(=O)c4ccccc4)ncnc32)[C@H](F)[C@@H]1O[P+](=O)OCCC#N. The Morgan fingerprint density at radius 3 is 2.89 bits per heavy atom. The van der Waals surface area contributed by atoms with Gasteiger partial charge in [-0.3, -0.25) is 14.4 Å². The van der Waals surface area contributed by atoms with Gasteiger partial charge in [0, 0.05) is 10.1 Å². The van der Waals surface area contributed by atoms with Crippen molar-refractivity contribution >= 4 is 37.9 Å². The molecule has 1 aliphatic rings. The van der Waals surface area contributed by atoms with Gasteiger partial charge >= 0.3 is 8.25 Å². The maximum absolute atomic E-state index is 15.5. The largest absolute Gasteiger partial charge is 0.697 e. The zero-order chi connectivity index (χ0) is 24.8. The van der Waals surface area contributed by atoms with Crippen molar-refractivity contribution < 1.29 is 27.5 Å². The molecule has 14 heteroatoms. The molecule has 0 spiro atoms. The van der Waals surface area contributed by atoms with E-state index in [0.717, 1.165) is 0 Å². The summed E-state index contributed by atoms with van der Waals surface area (Å²) in [5.41, 5.74) is 0.852. The van der Waals surface area contributed by atoms with E-state index >= 15 is 4.39 Å². The van der Waals surface area contributed by atoms with Crippen LogP contribution in [0.5, 0.6) is 0 Å². The predicted octanol–water partition coefficient (Wildman–Crippen LogP) is 2.99. The smallest absolute Gasteiger partial charge is 0.346 e. The van der Waals surface area contributed by atoms with Crippen LogP contribution in [0.25, 0.3) is 11.2 Å². The van der Waals surface area contributed by atoms with Crippen molar-refractivity contribution in [2.75, 3.05) is 18.5 Å². The third kappa shape index (κ3) is 5.36. The number of carbonyl (C=O) groups is 1. The van der Waals surface area contributed by atoms with E-state index in [1.165, 1.54) is 17.2 Å². The van der Waals surface area contributed by atoms with Crippen LogP contribution in [0.1, 0.15) is 23.0 Å². The third-order valence-corrected chi connectivity index (χ3v) is 5.90. The number of rotatable bonds is 10. The average molecular weight is 500 g/mol. The van der Waals surface area contributed by atoms with Crippen molar-refractivity contribution in [3.8, 4) is 6.07 Å². The number of amides is 1. The number of alkyl halides is 1. The molecule has 3 aromatic rings. The molecule has 1 N–H and O–H groups in total. The molecule has 5 atom stereocenters. The number of aliphatic imine (C=N–C) groups is 1. The van der Waals surface area contributed by atoms with Gasteiger partial charge in [0.05, 0.1) is 25.4 Å². The number of aromatic nitrogens is 4. The first-order valence-corrected chi connectivity index (χ1v) is 11.5. The third-order valence-electron chi connectivity index (χ3n) is 5.10. The van der Waals surface area contributed by atoms with E-state index in [1.54, 1.807) is 30.3 Å². The van der Waals surface area contributed by atoms with Crippen LogP contribution in [0.4, 0.5) is 10.2 Å². The molecule has 2 aromatic heterocycles. The molecule has 1 fully saturated rings. The number of nitrogens with one attached hydrogen (secondary N) is 1. The topological polar surface area (TPSA) is 154 Å². The van der Waals surface area contributed by atoms with Crippen molar-refractivity contribution in [1.82, 2.24) is 19.5 Å². The second-order valence-electron chi connectivity index (χ2n) is 7.32. The van der Waals surface area contributed by atoms with Gasteiger partial charge in [-0.1, -0.05) is 18.2 Å². The summed E-state index contributed by atoms with van der Waals surface area (Å²) >= 11 is 0. The monoisotopic (exact) mass is 500 g/mol. The van der Waals surface area contributed by atoms with Crippen LogP contribution >= 0.6 is 8.25 Å². The molecule has 1 amide bonds. The van der Waals surface area contributed by atoms with Crippen molar-refractivity contribution in [3.05, 3.63) is 48.5 Å². The Labute approximate surface area is 199 Å². The highest BCUT2D eigenvalue weighted by molar-refractivity contribution is 7.33. The Morgan fingerprint density at radius 1 is 1.34 bits per heavy atom. The average Bonchev–Trinajstić information content (AvgIpc) is 3.42. The number of nitriles is 1. The van der Waals surface area contributed by atoms with Crippen molar-refractivity contribution in [2.45, 2.75) is 31.0 Å². The lowest BCUT2D eigenvalue weighted by Gasteiger charge is -2.15. The molecular formula is C21H20FN7O5P+. The number of carbonyl (C=O) groups excluding carboxylic acids is 1. The number of halogens is 1. The molecule has 0 saturated carbocycles. The molecular weight excluding hydrogens is 480 g/mol. The Kier molecular flexibility index (Phi) is 7.79. The fraction of sp³-hybridized carbons (Fsp3) is 0.333. The fourth-order valence-electron chi connectivity index (χ4n) is 3.51. The highest BCUT2D eigenvalue weighted by atomic mass is 31.1. The lowest BCUT2D eigenvalue weighted by Crippen LogP contribution is -2.31. The number of anilines is 1. The summed E-state index contributed by atoms with van der Waals surface area (Å²) in [6.45, 7) is 3.25. The molecule has 2 unspecified atom stereocenters. The molecule has 3 heterocycles. The van der Waals surface area contributed by atoms with E-state index in [9.17, 15) is 9.36 Å². The molecule has 4 rings (SSSR count). The van der Waals surface area contributed by atoms with E-state index in [0.29, 0.717) is 5.56 Å². The molecule has 1 saturated heterocycles. The molecule has 12 nitrogen and oxygen atoms in total. The van der Waals surface area contributed by atoms with Crippen molar-refractivity contribution in [2.24, 2.45) is 4.99 Å². The normalized spacial score (nSPS) is 22.0. The number of hydrogen-bond donors (Lipinski definition) is 1. The highest BCUT2D eigenvalue weighted by Gasteiger charge is 2.52. The van der Waals surface area contributed by atoms with Crippen LogP contribution in [0, 0.1) is 11.3 Å². The summed E-state index contributed by atoms with van der Waals surface area (Å²) in [5, 5.41) is 11.2. The molecule has 0 radical (unpaired) electrons. The van der Waals surface area contributed by atoms with Gasteiger partial charge in [-0.25, -0.2) is 19.3 Å². The van der Waals surface area contributed by atoms with Crippen LogP contribution in [0.15, 0.2) is 48.0 Å². The molecule has 1 aliphatic heterocycles. The molecule has 0 aliphatic carbocycles. The number of imidazole rings is 1. The lowest BCUT2D eigenvalue weighted by atomic mass is 10.1. The van der Waals surface area contributed by atoms with Crippen LogP contribution in [0.2, 0.25) is 0 Å². The molecule has 35 heavy (non-hydrogen) atoms. The van der Waals surface area contributed by atoms with E-state index in [1.807, 2.05) is 6.07 Å². The number of hydrogen-bond acceptors (Lipinski definition) is 10. The minimum Gasteiger partial charge on any atom is -0.346 e. The standard InChI is InChI=1S/C21H19FN7O5P/c1-24-10-14-17(34-35(31)32-9-5-8-23)15(22)21(33-14)29-12-27-16-18(25-11-26-19(16)29)28-20(30)13-6-3-2-4-7-13/h2-4,6-7,11-12,14-15,17,21H,1,5,9-10H2/p+1/t14-,15-,17-,21?/m1/s1. The first-order valence-electron chi connectivity index (χ1n) is 10.4. The van der Waals surface area contributed by atoms with Gasteiger partial charge < -0.3 is 10.1 Å². The van der Waals surface area contributed by atoms with Gasteiger partial charge in [-0.05, 0) is 18.9 Å². The maximum Gasteiger partial charge on any atom is 0.697 e. The molecule has 0 bridgehead atoms. The van der Waals surface area contributed by atoms with E-state index in [2.05, 4.69) is 32.0 Å². The fourth-order valence-corrected chi connectivity index (χ4v) is 4.26. The van der Waals surface area contributed by atoms with Crippen LogP contribution in [0.3, 0.4) is 0 Å². The van der Waals surface area contributed by atoms with Gasteiger partial charge in [-0.2, -0.15) is 5.26 Å². The predicted molar refractivity (Wildman–Crippen MR) is 122 cm³/mol. The summed E-state index contributed by atoms with van der Waals surface area (Å²) < 4.78 is 44.9. The summed E-state index contributed by atoms with van der Waals surface area (Å²) in [4.78, 5) is 28.8. The van der Waals surface area contributed by atoms with E-state index in [-0.39, 0.29) is 36.6 Å². The highest BCUT2D eigenvalue weighted by Crippen LogP contribution is 2.40. The van der Waals surface area contributed by atoms with Crippen molar-refractivity contribution in [3.63, 3.8) is 0 Å². The zero-order valence-corrected chi connectivity index (χ0v) is 19.1. The first-order chi connectivity index (χ1) is 17.0. The Hall–Kier alpha value is -3.69. The van der Waals surface area contributed by atoms with E-state index in [4.69, 9.17) is 19.0 Å². The first kappa shape index (κ1) is 24.4. The van der Waals surface area contributed by atoms with Crippen LogP contribution < -0.4 is 5.32 Å². The lowest BCUT2D eigenvalue weighted by molar-refractivity contribution is -0.0166. The minimum atomic E-state index is -2.70. The summed E-state index contributed by atoms with van der Waals surface area (Å²) in [6.07, 6.45) is -2.72. The number of fused-ring (bicyclic) bond motifs is 1. The second kappa shape index (κ2) is 11.2. The Bertz CT molecular complexity index is 1270. The van der Waals surface area contributed by atoms with Gasteiger partial charge in [0.1, 0.15) is 19.0 Å².